The van der Waals surface area contributed by atoms with E-state index in [0.717, 1.165) is 40.0 Å². The van der Waals surface area contributed by atoms with E-state index in [2.05, 4.69) is 16.0 Å². The highest BCUT2D eigenvalue weighted by Crippen LogP contribution is 2.32. The summed E-state index contributed by atoms with van der Waals surface area (Å²) >= 11 is 0. The van der Waals surface area contributed by atoms with Crippen molar-refractivity contribution in [3.8, 4) is 5.88 Å². The van der Waals surface area contributed by atoms with Gasteiger partial charge in [0.15, 0.2) is 6.04 Å². The number of aromatic hydroxyl groups is 1. The Labute approximate surface area is 178 Å². The third kappa shape index (κ3) is 3.27. The lowest BCUT2D eigenvalue weighted by Gasteiger charge is -2.30. The van der Waals surface area contributed by atoms with E-state index in [1.807, 2.05) is 55.6 Å². The van der Waals surface area contributed by atoms with Crippen molar-refractivity contribution in [2.75, 3.05) is 13.6 Å². The molecule has 0 amide bonds. The summed E-state index contributed by atoms with van der Waals surface area (Å²) in [5.74, 6) is -0.250. The van der Waals surface area contributed by atoms with Gasteiger partial charge in [0, 0.05) is 23.9 Å². The molecule has 0 radical (unpaired) electrons. The van der Waals surface area contributed by atoms with E-state index >= 15 is 0 Å². The van der Waals surface area contributed by atoms with Crippen LogP contribution >= 0.6 is 0 Å². The first-order valence-electron chi connectivity index (χ1n) is 10.6. The first-order chi connectivity index (χ1) is 15.0. The van der Waals surface area contributed by atoms with Crippen molar-refractivity contribution in [2.24, 2.45) is 0 Å². The maximum atomic E-state index is 12.9. The second-order valence-electron chi connectivity index (χ2n) is 8.23. The van der Waals surface area contributed by atoms with Crippen LogP contribution in [0.1, 0.15) is 28.4 Å². The van der Waals surface area contributed by atoms with Crippen LogP contribution in [0.5, 0.6) is 5.88 Å². The molecule has 4 N–H and O–H groups in total. The average Bonchev–Trinajstić information content (AvgIpc) is 3.14. The molecule has 0 fully saturated rings. The molecule has 3 heterocycles. The molecule has 7 nitrogen and oxygen atoms in total. The fourth-order valence-electron chi connectivity index (χ4n) is 4.77. The lowest BCUT2D eigenvalue weighted by molar-refractivity contribution is -0.908. The van der Waals surface area contributed by atoms with Gasteiger partial charge < -0.3 is 15.0 Å². The van der Waals surface area contributed by atoms with Crippen LogP contribution in [0, 0.1) is 0 Å². The molecule has 7 heteroatoms. The first-order valence-corrected chi connectivity index (χ1v) is 10.6. The molecule has 4 aromatic rings. The standard InChI is InChI=1S/C24H24N4O3/c1-27-13-12-17-16-9-5-6-10-18(16)25-20(17)21(27)19-22(29)26-24(31)28(23(19)30)14-11-15-7-3-2-4-8-15/h2-10,21,25,30H,11-14H2,1H3,(H,26,29,31)/p+1/t21-/m0/s1. The van der Waals surface area contributed by atoms with Crippen molar-refractivity contribution >= 4 is 10.9 Å². The summed E-state index contributed by atoms with van der Waals surface area (Å²) < 4.78 is 1.27. The first kappa shape index (κ1) is 19.4. The lowest BCUT2D eigenvalue weighted by Crippen LogP contribution is -3.10. The second kappa shape index (κ2) is 7.59. The fraction of sp³-hybridized carbons (Fsp3) is 0.250. The summed E-state index contributed by atoms with van der Waals surface area (Å²) in [5, 5.41) is 12.3. The van der Waals surface area contributed by atoms with E-state index in [1.54, 1.807) is 0 Å². The van der Waals surface area contributed by atoms with Crippen LogP contribution < -0.4 is 16.1 Å². The highest BCUT2D eigenvalue weighted by molar-refractivity contribution is 5.85. The van der Waals surface area contributed by atoms with Crippen LogP contribution in [0.3, 0.4) is 0 Å². The van der Waals surface area contributed by atoms with Crippen molar-refractivity contribution in [3.63, 3.8) is 0 Å². The van der Waals surface area contributed by atoms with Crippen LogP contribution in [0.15, 0.2) is 64.2 Å². The molecular formula is C24H25N4O3+. The van der Waals surface area contributed by atoms with Gasteiger partial charge in [0.2, 0.25) is 5.88 Å². The Bertz CT molecular complexity index is 1370. The maximum Gasteiger partial charge on any atom is 0.331 e. The Morgan fingerprint density at radius 2 is 1.81 bits per heavy atom. The number of hydrogen-bond acceptors (Lipinski definition) is 3. The van der Waals surface area contributed by atoms with Gasteiger partial charge in [-0.1, -0.05) is 48.5 Å². The molecule has 31 heavy (non-hydrogen) atoms. The van der Waals surface area contributed by atoms with E-state index in [9.17, 15) is 14.7 Å². The highest BCUT2D eigenvalue weighted by atomic mass is 16.3. The van der Waals surface area contributed by atoms with Crippen LogP contribution in [0.4, 0.5) is 0 Å². The molecule has 0 saturated carbocycles. The Kier molecular flexibility index (Phi) is 4.75. The molecule has 5 rings (SSSR count). The molecule has 0 aliphatic carbocycles. The Morgan fingerprint density at radius 1 is 1.06 bits per heavy atom. The van der Waals surface area contributed by atoms with Gasteiger partial charge in [-0.25, -0.2) is 4.79 Å². The second-order valence-corrected chi connectivity index (χ2v) is 8.23. The topological polar surface area (TPSA) is 95.3 Å². The van der Waals surface area contributed by atoms with Gasteiger partial charge in [-0.05, 0) is 23.6 Å². The number of aromatic amines is 2. The van der Waals surface area contributed by atoms with Crippen molar-refractivity contribution in [1.82, 2.24) is 14.5 Å². The third-order valence-corrected chi connectivity index (χ3v) is 6.36. The monoisotopic (exact) mass is 417 g/mol. The summed E-state index contributed by atoms with van der Waals surface area (Å²) in [6.07, 6.45) is 1.46. The minimum Gasteiger partial charge on any atom is -0.494 e. The smallest absolute Gasteiger partial charge is 0.331 e. The number of rotatable bonds is 4. The van der Waals surface area contributed by atoms with Gasteiger partial charge >= 0.3 is 5.69 Å². The predicted molar refractivity (Wildman–Crippen MR) is 119 cm³/mol. The van der Waals surface area contributed by atoms with Crippen LogP contribution in [0.25, 0.3) is 10.9 Å². The van der Waals surface area contributed by atoms with Gasteiger partial charge in [0.05, 0.1) is 19.3 Å². The number of nitrogens with one attached hydrogen (secondary N) is 3. The summed E-state index contributed by atoms with van der Waals surface area (Å²) in [6.45, 7) is 1.10. The molecule has 2 aromatic carbocycles. The average molecular weight is 417 g/mol. The number of para-hydroxylation sites is 1. The highest BCUT2D eigenvalue weighted by Gasteiger charge is 2.37. The van der Waals surface area contributed by atoms with Gasteiger partial charge in [0.25, 0.3) is 5.56 Å². The number of quaternary nitrogens is 1. The minimum absolute atomic E-state index is 0.234. The van der Waals surface area contributed by atoms with Gasteiger partial charge in [-0.2, -0.15) is 0 Å². The molecule has 2 aromatic heterocycles. The number of fused-ring (bicyclic) bond motifs is 3. The quantitative estimate of drug-likeness (QED) is 0.401. The number of aromatic nitrogens is 3. The number of likely N-dealkylation sites (N-methyl/N-ethyl adjacent to an activating group) is 1. The normalized spacial score (nSPS) is 18.2. The van der Waals surface area contributed by atoms with Crippen LogP contribution in [-0.4, -0.2) is 33.2 Å². The zero-order valence-electron chi connectivity index (χ0n) is 17.3. The molecule has 158 valence electrons. The Balaban J connectivity index is 1.62. The zero-order chi connectivity index (χ0) is 21.5. The van der Waals surface area contributed by atoms with E-state index in [-0.39, 0.29) is 24.0 Å². The number of benzene rings is 2. The van der Waals surface area contributed by atoms with Gasteiger partial charge in [-0.15, -0.1) is 0 Å². The molecule has 1 unspecified atom stereocenters. The van der Waals surface area contributed by atoms with Crippen LogP contribution in [-0.2, 0) is 19.4 Å². The van der Waals surface area contributed by atoms with Gasteiger partial charge in [-0.3, -0.25) is 14.3 Å². The van der Waals surface area contributed by atoms with Gasteiger partial charge in [0.1, 0.15) is 5.56 Å². The summed E-state index contributed by atoms with van der Waals surface area (Å²) in [7, 11) is 2.01. The van der Waals surface area contributed by atoms with Crippen molar-refractivity contribution < 1.29 is 10.0 Å². The van der Waals surface area contributed by atoms with E-state index in [4.69, 9.17) is 0 Å². The van der Waals surface area contributed by atoms with E-state index in [1.165, 1.54) is 10.1 Å². The third-order valence-electron chi connectivity index (χ3n) is 6.36. The van der Waals surface area contributed by atoms with E-state index in [0.29, 0.717) is 6.42 Å². The fourth-order valence-corrected chi connectivity index (χ4v) is 4.77. The lowest BCUT2D eigenvalue weighted by atomic mass is 9.94. The van der Waals surface area contributed by atoms with Crippen molar-refractivity contribution in [2.45, 2.75) is 25.4 Å². The summed E-state index contributed by atoms with van der Waals surface area (Å²) in [4.78, 5) is 32.4. The molecule has 1 aliphatic rings. The number of H-pyrrole nitrogens is 2. The molecular weight excluding hydrogens is 392 g/mol. The van der Waals surface area contributed by atoms with E-state index < -0.39 is 11.2 Å². The summed E-state index contributed by atoms with van der Waals surface area (Å²) in [5.41, 5.74) is 3.28. The summed E-state index contributed by atoms with van der Waals surface area (Å²) in [6, 6.07) is 17.5. The largest absolute Gasteiger partial charge is 0.494 e. The Morgan fingerprint density at radius 3 is 2.61 bits per heavy atom. The SMILES string of the molecule is C[NH+]1CCc2c([nH]c3ccccc23)[C@@H]1c1c(O)n(CCc2ccccc2)c(=O)[nH]c1=O. The minimum atomic E-state index is -0.590. The van der Waals surface area contributed by atoms with Crippen molar-refractivity contribution in [3.05, 3.63) is 97.8 Å². The number of hydrogen-bond donors (Lipinski definition) is 4. The van der Waals surface area contributed by atoms with Crippen LogP contribution in [0.2, 0.25) is 0 Å². The van der Waals surface area contributed by atoms with Crippen molar-refractivity contribution in [1.29, 1.82) is 0 Å². The molecule has 0 spiro atoms. The molecule has 2 atom stereocenters. The zero-order valence-corrected chi connectivity index (χ0v) is 17.3. The predicted octanol–water partition coefficient (Wildman–Crippen LogP) is 1.13. The molecule has 0 bridgehead atoms. The number of nitrogens with zero attached hydrogens (tertiary/aromatic N) is 1. The Hall–Kier alpha value is -3.58. The molecule has 1 aliphatic heterocycles. The maximum absolute atomic E-state index is 12.9. The number of aryl methyl sites for hydroxylation is 1. The molecule has 0 saturated heterocycles.